The van der Waals surface area contributed by atoms with E-state index in [2.05, 4.69) is 6.07 Å². The van der Waals surface area contributed by atoms with E-state index in [1.54, 1.807) is 6.92 Å². The van der Waals surface area contributed by atoms with E-state index in [9.17, 15) is 10.4 Å². The molecule has 3 nitrogen and oxygen atoms in total. The van der Waals surface area contributed by atoms with Gasteiger partial charge in [0, 0.05) is 6.61 Å². The monoisotopic (exact) mass is 217 g/mol. The third-order valence-electron chi connectivity index (χ3n) is 3.50. The van der Waals surface area contributed by atoms with Crippen LogP contribution in [-0.2, 0) is 10.3 Å². The Kier molecular flexibility index (Phi) is 2.71. The van der Waals surface area contributed by atoms with Crippen LogP contribution in [-0.4, -0.2) is 18.3 Å². The van der Waals surface area contributed by atoms with Crippen LogP contribution in [0.15, 0.2) is 30.3 Å². The summed E-state index contributed by atoms with van der Waals surface area (Å²) < 4.78 is 5.28. The number of hydrogen-bond acceptors (Lipinski definition) is 3. The van der Waals surface area contributed by atoms with Crippen LogP contribution >= 0.6 is 0 Å². The quantitative estimate of drug-likeness (QED) is 0.822. The van der Waals surface area contributed by atoms with Gasteiger partial charge in [0.15, 0.2) is 0 Å². The number of nitriles is 1. The van der Waals surface area contributed by atoms with Crippen molar-refractivity contribution in [3.8, 4) is 6.07 Å². The highest BCUT2D eigenvalue weighted by atomic mass is 16.5. The first kappa shape index (κ1) is 11.1. The lowest BCUT2D eigenvalue weighted by Crippen LogP contribution is -2.43. The third kappa shape index (κ3) is 1.51. The maximum absolute atomic E-state index is 10.6. The summed E-state index contributed by atoms with van der Waals surface area (Å²) in [6.07, 6.45) is 0.575. The van der Waals surface area contributed by atoms with Gasteiger partial charge in [0.2, 0.25) is 0 Å². The van der Waals surface area contributed by atoms with Gasteiger partial charge in [-0.15, -0.1) is 0 Å². The summed E-state index contributed by atoms with van der Waals surface area (Å²) >= 11 is 0. The molecule has 2 rings (SSSR count). The molecule has 1 fully saturated rings. The standard InChI is InChI=1S/C13H15NO2/c1-12(15,11-5-3-2-4-6-11)13(9-14)7-8-16-10-13/h2-6,15H,7-8,10H2,1H3. The van der Waals surface area contributed by atoms with Crippen LogP contribution in [0.1, 0.15) is 18.9 Å². The molecule has 2 unspecified atom stereocenters. The summed E-state index contributed by atoms with van der Waals surface area (Å²) in [6, 6.07) is 11.6. The highest BCUT2D eigenvalue weighted by molar-refractivity contribution is 5.28. The smallest absolute Gasteiger partial charge is 0.115 e. The van der Waals surface area contributed by atoms with Gasteiger partial charge in [0.1, 0.15) is 11.0 Å². The topological polar surface area (TPSA) is 53.2 Å². The Labute approximate surface area is 95.3 Å². The molecule has 0 aliphatic carbocycles. The lowest BCUT2D eigenvalue weighted by molar-refractivity contribution is -0.0481. The molecular formula is C13H15NO2. The molecule has 0 spiro atoms. The first-order valence-electron chi connectivity index (χ1n) is 5.39. The van der Waals surface area contributed by atoms with Gasteiger partial charge in [-0.2, -0.15) is 5.26 Å². The highest BCUT2D eigenvalue weighted by Gasteiger charge is 2.51. The molecule has 1 aromatic carbocycles. The van der Waals surface area contributed by atoms with E-state index in [1.807, 2.05) is 30.3 Å². The third-order valence-corrected chi connectivity index (χ3v) is 3.50. The molecule has 84 valence electrons. The normalized spacial score (nSPS) is 28.3. The van der Waals surface area contributed by atoms with Crippen molar-refractivity contribution in [2.75, 3.05) is 13.2 Å². The van der Waals surface area contributed by atoms with Crippen molar-refractivity contribution in [2.24, 2.45) is 5.41 Å². The van der Waals surface area contributed by atoms with Crippen molar-refractivity contribution in [1.82, 2.24) is 0 Å². The van der Waals surface area contributed by atoms with E-state index < -0.39 is 11.0 Å². The Morgan fingerprint density at radius 1 is 1.44 bits per heavy atom. The van der Waals surface area contributed by atoms with Crippen LogP contribution < -0.4 is 0 Å². The fourth-order valence-corrected chi connectivity index (χ4v) is 2.18. The largest absolute Gasteiger partial charge is 0.384 e. The average molecular weight is 217 g/mol. The van der Waals surface area contributed by atoms with Crippen molar-refractivity contribution in [2.45, 2.75) is 18.9 Å². The highest BCUT2D eigenvalue weighted by Crippen LogP contribution is 2.45. The summed E-state index contributed by atoms with van der Waals surface area (Å²) in [5.41, 5.74) is -1.23. The Bertz CT molecular complexity index is 400. The van der Waals surface area contributed by atoms with Gasteiger partial charge in [-0.1, -0.05) is 30.3 Å². The van der Waals surface area contributed by atoms with Gasteiger partial charge >= 0.3 is 0 Å². The number of hydrogen-bond donors (Lipinski definition) is 1. The minimum atomic E-state index is -1.17. The van der Waals surface area contributed by atoms with Gasteiger partial charge in [0.05, 0.1) is 12.7 Å². The summed E-state index contributed by atoms with van der Waals surface area (Å²) in [6.45, 7) is 2.53. The number of aliphatic hydroxyl groups is 1. The Balaban J connectivity index is 2.42. The second kappa shape index (κ2) is 3.89. The summed E-state index contributed by atoms with van der Waals surface area (Å²) in [5.74, 6) is 0. The zero-order valence-electron chi connectivity index (χ0n) is 9.31. The first-order chi connectivity index (χ1) is 7.62. The van der Waals surface area contributed by atoms with Gasteiger partial charge in [-0.3, -0.25) is 0 Å². The van der Waals surface area contributed by atoms with Crippen molar-refractivity contribution in [3.05, 3.63) is 35.9 Å². The molecule has 1 N–H and O–H groups in total. The number of rotatable bonds is 2. The predicted molar refractivity (Wildman–Crippen MR) is 59.5 cm³/mol. The average Bonchev–Trinajstić information content (AvgIpc) is 2.80. The first-order valence-corrected chi connectivity index (χ1v) is 5.39. The number of ether oxygens (including phenoxy) is 1. The summed E-state index contributed by atoms with van der Waals surface area (Å²) in [7, 11) is 0. The molecule has 16 heavy (non-hydrogen) atoms. The molecule has 0 saturated carbocycles. The summed E-state index contributed by atoms with van der Waals surface area (Å²) in [4.78, 5) is 0. The molecule has 0 bridgehead atoms. The second-order valence-electron chi connectivity index (χ2n) is 4.43. The SMILES string of the molecule is CC(O)(c1ccccc1)C1(C#N)CCOC1. The van der Waals surface area contributed by atoms with Gasteiger partial charge in [0.25, 0.3) is 0 Å². The fraction of sp³-hybridized carbons (Fsp3) is 0.462. The van der Waals surface area contributed by atoms with Gasteiger partial charge < -0.3 is 9.84 Å². The van der Waals surface area contributed by atoms with E-state index in [0.717, 1.165) is 5.56 Å². The second-order valence-corrected chi connectivity index (χ2v) is 4.43. The number of nitrogens with zero attached hydrogens (tertiary/aromatic N) is 1. The van der Waals surface area contributed by atoms with Crippen LogP contribution in [0.2, 0.25) is 0 Å². The van der Waals surface area contributed by atoms with Crippen LogP contribution in [0.5, 0.6) is 0 Å². The molecule has 1 saturated heterocycles. The van der Waals surface area contributed by atoms with Crippen molar-refractivity contribution in [3.63, 3.8) is 0 Å². The molecule has 2 atom stereocenters. The molecule has 0 amide bonds. The van der Waals surface area contributed by atoms with Crippen LogP contribution in [0.3, 0.4) is 0 Å². The Morgan fingerprint density at radius 3 is 2.62 bits per heavy atom. The molecule has 1 aliphatic rings. The maximum atomic E-state index is 10.6. The van der Waals surface area contributed by atoms with E-state index in [0.29, 0.717) is 19.6 Å². The lowest BCUT2D eigenvalue weighted by atomic mass is 9.70. The minimum Gasteiger partial charge on any atom is -0.384 e. The van der Waals surface area contributed by atoms with E-state index >= 15 is 0 Å². The van der Waals surface area contributed by atoms with Crippen molar-refractivity contribution >= 4 is 0 Å². The van der Waals surface area contributed by atoms with E-state index in [-0.39, 0.29) is 0 Å². The van der Waals surface area contributed by atoms with Gasteiger partial charge in [-0.05, 0) is 18.9 Å². The molecular weight excluding hydrogens is 202 g/mol. The molecule has 1 aliphatic heterocycles. The molecule has 1 aromatic rings. The number of benzene rings is 1. The maximum Gasteiger partial charge on any atom is 0.115 e. The molecule has 3 heteroatoms. The van der Waals surface area contributed by atoms with Crippen LogP contribution in [0.4, 0.5) is 0 Å². The van der Waals surface area contributed by atoms with E-state index in [1.165, 1.54) is 0 Å². The summed E-state index contributed by atoms with van der Waals surface area (Å²) in [5, 5.41) is 20.0. The zero-order chi connectivity index (χ0) is 11.6. The lowest BCUT2D eigenvalue weighted by Gasteiger charge is -2.36. The Hall–Kier alpha value is -1.37. The predicted octanol–water partition coefficient (Wildman–Crippen LogP) is 1.82. The van der Waals surface area contributed by atoms with Gasteiger partial charge in [-0.25, -0.2) is 0 Å². The van der Waals surface area contributed by atoms with Crippen LogP contribution in [0.25, 0.3) is 0 Å². The molecule has 0 radical (unpaired) electrons. The minimum absolute atomic E-state index is 0.297. The van der Waals surface area contributed by atoms with Crippen molar-refractivity contribution in [1.29, 1.82) is 5.26 Å². The van der Waals surface area contributed by atoms with Crippen molar-refractivity contribution < 1.29 is 9.84 Å². The van der Waals surface area contributed by atoms with E-state index in [4.69, 9.17) is 4.74 Å². The zero-order valence-corrected chi connectivity index (χ0v) is 9.31. The fourth-order valence-electron chi connectivity index (χ4n) is 2.18. The van der Waals surface area contributed by atoms with Crippen LogP contribution in [0, 0.1) is 16.7 Å². The molecule has 1 heterocycles. The molecule has 0 aromatic heterocycles. The Morgan fingerprint density at radius 2 is 2.12 bits per heavy atom.